The van der Waals surface area contributed by atoms with Gasteiger partial charge in [-0.15, -0.1) is 0 Å². The molecule has 1 amide bonds. The third kappa shape index (κ3) is 4.42. The van der Waals surface area contributed by atoms with Crippen molar-refractivity contribution < 1.29 is 19.1 Å². The van der Waals surface area contributed by atoms with Crippen molar-refractivity contribution in [2.45, 2.75) is 64.2 Å². The molecule has 1 aliphatic carbocycles. The molecule has 38 heavy (non-hydrogen) atoms. The van der Waals surface area contributed by atoms with E-state index >= 15 is 0 Å². The SMILES string of the molecule is C[C@@H]1OC(=O)c2ccc(Nc3cc4c(C(C)(C)N)cnc(OC5CN(C(=O)C6CC6)C5)c4cn3)nc2[C@H]1C. The number of nitrogens with one attached hydrogen (secondary N) is 1. The quantitative estimate of drug-likeness (QED) is 0.471. The van der Waals surface area contributed by atoms with E-state index in [0.29, 0.717) is 41.9 Å². The highest BCUT2D eigenvalue weighted by molar-refractivity contribution is 5.93. The van der Waals surface area contributed by atoms with Crippen molar-refractivity contribution in [3.05, 3.63) is 47.4 Å². The normalized spacial score (nSPS) is 21.5. The summed E-state index contributed by atoms with van der Waals surface area (Å²) in [5, 5.41) is 4.89. The molecule has 198 valence electrons. The highest BCUT2D eigenvalue weighted by atomic mass is 16.5. The van der Waals surface area contributed by atoms with Gasteiger partial charge in [0, 0.05) is 29.8 Å². The Hall–Kier alpha value is -3.79. The molecule has 1 saturated heterocycles. The van der Waals surface area contributed by atoms with Crippen LogP contribution >= 0.6 is 0 Å². The molecule has 3 aromatic heterocycles. The summed E-state index contributed by atoms with van der Waals surface area (Å²) in [5.41, 5.74) is 7.89. The van der Waals surface area contributed by atoms with Gasteiger partial charge in [0.15, 0.2) is 0 Å². The number of amides is 1. The van der Waals surface area contributed by atoms with E-state index in [2.05, 4.69) is 15.3 Å². The molecule has 0 aromatic carbocycles. The predicted octanol–water partition coefficient (Wildman–Crippen LogP) is 3.62. The fourth-order valence-electron chi connectivity index (χ4n) is 4.98. The highest BCUT2D eigenvalue weighted by Gasteiger charge is 2.40. The van der Waals surface area contributed by atoms with Gasteiger partial charge < -0.3 is 25.4 Å². The number of esters is 1. The average Bonchev–Trinajstić information content (AvgIpc) is 3.69. The van der Waals surface area contributed by atoms with Crippen LogP contribution in [0.2, 0.25) is 0 Å². The van der Waals surface area contributed by atoms with Gasteiger partial charge in [-0.25, -0.2) is 19.7 Å². The van der Waals surface area contributed by atoms with E-state index in [0.717, 1.165) is 29.2 Å². The van der Waals surface area contributed by atoms with Crippen LogP contribution in [0, 0.1) is 5.92 Å². The zero-order chi connectivity index (χ0) is 26.8. The maximum atomic E-state index is 12.3. The van der Waals surface area contributed by atoms with Crippen LogP contribution in [0.4, 0.5) is 11.6 Å². The van der Waals surface area contributed by atoms with Crippen molar-refractivity contribution in [1.29, 1.82) is 0 Å². The number of cyclic esters (lactones) is 1. The minimum Gasteiger partial charge on any atom is -0.470 e. The van der Waals surface area contributed by atoms with E-state index in [1.165, 1.54) is 0 Å². The third-order valence-electron chi connectivity index (χ3n) is 7.62. The van der Waals surface area contributed by atoms with Crippen LogP contribution in [0.3, 0.4) is 0 Å². The van der Waals surface area contributed by atoms with Gasteiger partial charge in [0.25, 0.3) is 0 Å². The molecule has 0 radical (unpaired) electrons. The molecular formula is C28H32N6O4. The number of ether oxygens (including phenoxy) is 2. The number of pyridine rings is 3. The number of nitrogens with zero attached hydrogens (tertiary/aromatic N) is 4. The maximum Gasteiger partial charge on any atom is 0.340 e. The molecule has 0 spiro atoms. The second kappa shape index (κ2) is 8.90. The molecule has 6 rings (SSSR count). The van der Waals surface area contributed by atoms with Crippen LogP contribution in [0.5, 0.6) is 5.88 Å². The Morgan fingerprint density at radius 2 is 1.89 bits per heavy atom. The highest BCUT2D eigenvalue weighted by Crippen LogP contribution is 2.36. The van der Waals surface area contributed by atoms with Gasteiger partial charge in [-0.2, -0.15) is 0 Å². The number of hydrogen-bond acceptors (Lipinski definition) is 9. The lowest BCUT2D eigenvalue weighted by molar-refractivity contribution is -0.141. The van der Waals surface area contributed by atoms with Crippen LogP contribution in [0.1, 0.15) is 68.1 Å². The van der Waals surface area contributed by atoms with Gasteiger partial charge in [0.2, 0.25) is 11.8 Å². The van der Waals surface area contributed by atoms with Gasteiger partial charge >= 0.3 is 5.97 Å². The molecular weight excluding hydrogens is 484 g/mol. The molecule has 0 unspecified atom stereocenters. The lowest BCUT2D eigenvalue weighted by atomic mass is 9.93. The molecule has 3 N–H and O–H groups in total. The predicted molar refractivity (Wildman–Crippen MR) is 141 cm³/mol. The summed E-state index contributed by atoms with van der Waals surface area (Å²) in [7, 11) is 0. The van der Waals surface area contributed by atoms with E-state index in [1.807, 2.05) is 38.7 Å². The minimum atomic E-state index is -0.650. The first-order valence-corrected chi connectivity index (χ1v) is 13.1. The summed E-state index contributed by atoms with van der Waals surface area (Å²) in [6.45, 7) is 8.87. The number of likely N-dealkylation sites (tertiary alicyclic amines) is 1. The molecule has 2 aliphatic heterocycles. The van der Waals surface area contributed by atoms with Crippen molar-refractivity contribution in [3.8, 4) is 5.88 Å². The van der Waals surface area contributed by atoms with E-state index in [1.54, 1.807) is 24.5 Å². The largest absolute Gasteiger partial charge is 0.470 e. The molecule has 3 aliphatic rings. The summed E-state index contributed by atoms with van der Waals surface area (Å²) in [6.07, 6.45) is 5.12. The van der Waals surface area contributed by atoms with E-state index in [4.69, 9.17) is 20.2 Å². The first-order chi connectivity index (χ1) is 18.1. The Kier molecular flexibility index (Phi) is 5.75. The van der Waals surface area contributed by atoms with Gasteiger partial charge in [0.1, 0.15) is 23.8 Å². The first-order valence-electron chi connectivity index (χ1n) is 13.1. The number of nitrogens with two attached hydrogens (primary N) is 1. The number of aromatic nitrogens is 3. The topological polar surface area (TPSA) is 133 Å². The lowest BCUT2D eigenvalue weighted by Crippen LogP contribution is -2.56. The Labute approximate surface area is 220 Å². The first kappa shape index (κ1) is 24.5. The fourth-order valence-corrected chi connectivity index (χ4v) is 4.98. The van der Waals surface area contributed by atoms with Crippen LogP contribution in [0.25, 0.3) is 10.8 Å². The Balaban J connectivity index is 1.28. The smallest absolute Gasteiger partial charge is 0.340 e. The molecule has 2 fully saturated rings. The van der Waals surface area contributed by atoms with E-state index in [-0.39, 0.29) is 35.9 Å². The summed E-state index contributed by atoms with van der Waals surface area (Å²) < 4.78 is 11.6. The molecule has 5 heterocycles. The molecule has 3 aromatic rings. The Bertz CT molecular complexity index is 1440. The molecule has 10 heteroatoms. The zero-order valence-corrected chi connectivity index (χ0v) is 22.0. The van der Waals surface area contributed by atoms with Crippen molar-refractivity contribution in [3.63, 3.8) is 0 Å². The molecule has 0 bridgehead atoms. The maximum absolute atomic E-state index is 12.3. The van der Waals surface area contributed by atoms with Crippen LogP contribution in [-0.2, 0) is 15.1 Å². The summed E-state index contributed by atoms with van der Waals surface area (Å²) in [5.74, 6) is 1.71. The van der Waals surface area contributed by atoms with Gasteiger partial charge in [-0.1, -0.05) is 6.92 Å². The van der Waals surface area contributed by atoms with Crippen molar-refractivity contribution >= 4 is 34.3 Å². The molecule has 1 saturated carbocycles. The second-order valence-electron chi connectivity index (χ2n) is 11.2. The number of carbonyl (C=O) groups excluding carboxylic acids is 2. The minimum absolute atomic E-state index is 0.0218. The van der Waals surface area contributed by atoms with E-state index < -0.39 is 5.54 Å². The number of fused-ring (bicyclic) bond motifs is 2. The second-order valence-corrected chi connectivity index (χ2v) is 11.2. The van der Waals surface area contributed by atoms with Crippen LogP contribution in [0.15, 0.2) is 30.6 Å². The molecule has 10 nitrogen and oxygen atoms in total. The van der Waals surface area contributed by atoms with E-state index in [9.17, 15) is 9.59 Å². The standard InChI is InChI=1S/C28H32N6O4/c1-14-15(2)37-27(36)18-7-8-22(33-24(14)18)32-23-9-19-20(10-30-23)25(31-11-21(19)28(3,4)29)38-17-12-34(13-17)26(35)16-5-6-16/h7-11,14-17H,5-6,12-13,29H2,1-4H3,(H,30,32,33)/t14-,15-/m0/s1. The van der Waals surface area contributed by atoms with Gasteiger partial charge in [-0.3, -0.25) is 4.79 Å². The third-order valence-corrected chi connectivity index (χ3v) is 7.62. The van der Waals surface area contributed by atoms with Crippen molar-refractivity contribution in [2.75, 3.05) is 18.4 Å². The number of carbonyl (C=O) groups is 2. The zero-order valence-electron chi connectivity index (χ0n) is 22.0. The Morgan fingerprint density at radius 3 is 2.61 bits per heavy atom. The average molecular weight is 517 g/mol. The summed E-state index contributed by atoms with van der Waals surface area (Å²) >= 11 is 0. The number of rotatable bonds is 6. The summed E-state index contributed by atoms with van der Waals surface area (Å²) in [4.78, 5) is 40.3. The van der Waals surface area contributed by atoms with Crippen molar-refractivity contribution in [2.24, 2.45) is 11.7 Å². The van der Waals surface area contributed by atoms with Gasteiger partial charge in [-0.05, 0) is 62.8 Å². The van der Waals surface area contributed by atoms with Crippen molar-refractivity contribution in [1.82, 2.24) is 19.9 Å². The summed E-state index contributed by atoms with van der Waals surface area (Å²) in [6, 6.07) is 5.39. The monoisotopic (exact) mass is 516 g/mol. The van der Waals surface area contributed by atoms with Gasteiger partial charge in [0.05, 0.1) is 29.7 Å². The van der Waals surface area contributed by atoms with Crippen LogP contribution < -0.4 is 15.8 Å². The molecule has 2 atom stereocenters. The van der Waals surface area contributed by atoms with Crippen LogP contribution in [-0.4, -0.2) is 57.0 Å². The number of anilines is 2. The number of hydrogen-bond donors (Lipinski definition) is 2. The Morgan fingerprint density at radius 1 is 1.13 bits per heavy atom. The fraction of sp³-hybridized carbons (Fsp3) is 0.464. The lowest BCUT2D eigenvalue weighted by Gasteiger charge is -2.39.